The first kappa shape index (κ1) is 13.4. The van der Waals surface area contributed by atoms with Gasteiger partial charge in [0, 0.05) is 11.8 Å². The van der Waals surface area contributed by atoms with Crippen LogP contribution >= 0.6 is 11.6 Å². The van der Waals surface area contributed by atoms with E-state index in [1.807, 2.05) is 19.1 Å². The average Bonchev–Trinajstić information content (AvgIpc) is 2.39. The van der Waals surface area contributed by atoms with E-state index in [9.17, 15) is 0 Å². The van der Waals surface area contributed by atoms with Gasteiger partial charge in [-0.05, 0) is 36.8 Å². The maximum atomic E-state index is 7.34. The van der Waals surface area contributed by atoms with Crippen molar-refractivity contribution in [1.82, 2.24) is 4.98 Å². The van der Waals surface area contributed by atoms with Gasteiger partial charge >= 0.3 is 0 Å². The van der Waals surface area contributed by atoms with Crippen molar-refractivity contribution >= 4 is 17.4 Å². The van der Waals surface area contributed by atoms with Gasteiger partial charge in [0.1, 0.15) is 18.2 Å². The van der Waals surface area contributed by atoms with Gasteiger partial charge in [-0.1, -0.05) is 17.7 Å². The zero-order chi connectivity index (χ0) is 13.8. The van der Waals surface area contributed by atoms with Crippen LogP contribution in [0.2, 0.25) is 5.02 Å². The standard InChI is InChI=1S/C14H14ClN3O/c1-9-3-2-6-18-12(9)8-19-13-5-4-10(14(16)17)7-11(13)15/h2-7H,8H2,1H3,(H3,16,17). The normalized spacial score (nSPS) is 10.2. The molecule has 4 nitrogen and oxygen atoms in total. The third-order valence-corrected chi connectivity index (χ3v) is 3.02. The zero-order valence-corrected chi connectivity index (χ0v) is 11.2. The Bertz CT molecular complexity index is 613. The van der Waals surface area contributed by atoms with Gasteiger partial charge in [-0.2, -0.15) is 0 Å². The Morgan fingerprint density at radius 1 is 1.42 bits per heavy atom. The summed E-state index contributed by atoms with van der Waals surface area (Å²) >= 11 is 6.08. The topological polar surface area (TPSA) is 72.0 Å². The lowest BCUT2D eigenvalue weighted by Crippen LogP contribution is -2.10. The summed E-state index contributed by atoms with van der Waals surface area (Å²) in [4.78, 5) is 4.25. The fourth-order valence-corrected chi connectivity index (χ4v) is 1.84. The van der Waals surface area contributed by atoms with Crippen LogP contribution in [0.5, 0.6) is 5.75 Å². The van der Waals surface area contributed by atoms with Gasteiger partial charge in [0.2, 0.25) is 0 Å². The smallest absolute Gasteiger partial charge is 0.138 e. The first-order valence-corrected chi connectivity index (χ1v) is 6.13. The number of aryl methyl sites for hydroxylation is 1. The molecule has 0 spiro atoms. The number of nitrogen functional groups attached to an aromatic ring is 1. The number of nitrogens with one attached hydrogen (secondary N) is 1. The van der Waals surface area contributed by atoms with E-state index in [-0.39, 0.29) is 5.84 Å². The summed E-state index contributed by atoms with van der Waals surface area (Å²) in [5, 5.41) is 7.77. The van der Waals surface area contributed by atoms with Crippen molar-refractivity contribution in [3.05, 3.63) is 58.4 Å². The number of pyridine rings is 1. The minimum atomic E-state index is -0.0194. The lowest BCUT2D eigenvalue weighted by atomic mass is 10.2. The number of rotatable bonds is 4. The van der Waals surface area contributed by atoms with Crippen LogP contribution in [0.15, 0.2) is 36.5 Å². The Hall–Kier alpha value is -2.07. The highest BCUT2D eigenvalue weighted by atomic mass is 35.5. The summed E-state index contributed by atoms with van der Waals surface area (Å²) in [5.74, 6) is 0.533. The molecule has 1 heterocycles. The highest BCUT2D eigenvalue weighted by molar-refractivity contribution is 6.32. The highest BCUT2D eigenvalue weighted by Crippen LogP contribution is 2.26. The van der Waals surface area contributed by atoms with E-state index >= 15 is 0 Å². The Balaban J connectivity index is 2.12. The van der Waals surface area contributed by atoms with Gasteiger partial charge < -0.3 is 10.5 Å². The van der Waals surface area contributed by atoms with E-state index in [0.717, 1.165) is 11.3 Å². The number of aromatic nitrogens is 1. The summed E-state index contributed by atoms with van der Waals surface area (Å²) in [6.45, 7) is 2.33. The second kappa shape index (κ2) is 5.71. The molecule has 5 heteroatoms. The molecular weight excluding hydrogens is 262 g/mol. The lowest BCUT2D eigenvalue weighted by molar-refractivity contribution is 0.300. The third-order valence-electron chi connectivity index (χ3n) is 2.73. The number of nitrogens with two attached hydrogens (primary N) is 1. The van der Waals surface area contributed by atoms with Crippen LogP contribution in [-0.4, -0.2) is 10.8 Å². The molecule has 1 aromatic carbocycles. The largest absolute Gasteiger partial charge is 0.486 e. The fourth-order valence-electron chi connectivity index (χ4n) is 1.60. The number of amidine groups is 1. The molecular formula is C14H14ClN3O. The Morgan fingerprint density at radius 2 is 2.21 bits per heavy atom. The van der Waals surface area contributed by atoms with E-state index in [1.54, 1.807) is 24.4 Å². The Kier molecular flexibility index (Phi) is 4.02. The van der Waals surface area contributed by atoms with Crippen molar-refractivity contribution in [2.24, 2.45) is 5.73 Å². The lowest BCUT2D eigenvalue weighted by Gasteiger charge is -2.10. The molecule has 0 aliphatic rings. The molecule has 0 saturated heterocycles. The minimum Gasteiger partial charge on any atom is -0.486 e. The maximum Gasteiger partial charge on any atom is 0.138 e. The van der Waals surface area contributed by atoms with Crippen molar-refractivity contribution in [3.8, 4) is 5.75 Å². The van der Waals surface area contributed by atoms with Crippen LogP contribution in [-0.2, 0) is 6.61 Å². The first-order chi connectivity index (χ1) is 9.08. The van der Waals surface area contributed by atoms with Gasteiger partial charge in [-0.15, -0.1) is 0 Å². The fraction of sp³-hybridized carbons (Fsp3) is 0.143. The van der Waals surface area contributed by atoms with Crippen LogP contribution in [0.3, 0.4) is 0 Å². The molecule has 98 valence electrons. The molecule has 2 aromatic rings. The molecule has 0 unspecified atom stereocenters. The monoisotopic (exact) mass is 275 g/mol. The molecule has 0 aliphatic heterocycles. The van der Waals surface area contributed by atoms with Gasteiger partial charge in [0.25, 0.3) is 0 Å². The number of benzene rings is 1. The van der Waals surface area contributed by atoms with Gasteiger partial charge in [-0.25, -0.2) is 0 Å². The minimum absolute atomic E-state index is 0.0194. The molecule has 0 fully saturated rings. The van der Waals surface area contributed by atoms with Gasteiger partial charge in [0.05, 0.1) is 10.7 Å². The molecule has 0 bridgehead atoms. The van der Waals surface area contributed by atoms with Crippen LogP contribution in [0.25, 0.3) is 0 Å². The van der Waals surface area contributed by atoms with Gasteiger partial charge in [0.15, 0.2) is 0 Å². The first-order valence-electron chi connectivity index (χ1n) is 5.75. The molecule has 19 heavy (non-hydrogen) atoms. The summed E-state index contributed by atoms with van der Waals surface area (Å²) in [6.07, 6.45) is 1.73. The Morgan fingerprint density at radius 3 is 2.84 bits per heavy atom. The van der Waals surface area contributed by atoms with Crippen molar-refractivity contribution in [2.75, 3.05) is 0 Å². The molecule has 2 rings (SSSR count). The quantitative estimate of drug-likeness (QED) is 0.666. The van der Waals surface area contributed by atoms with E-state index in [1.165, 1.54) is 0 Å². The van der Waals surface area contributed by atoms with Crippen LogP contribution in [0.4, 0.5) is 0 Å². The zero-order valence-electron chi connectivity index (χ0n) is 10.5. The van der Waals surface area contributed by atoms with E-state index < -0.39 is 0 Å². The number of hydrogen-bond acceptors (Lipinski definition) is 3. The van der Waals surface area contributed by atoms with E-state index in [0.29, 0.717) is 22.9 Å². The summed E-state index contributed by atoms with van der Waals surface area (Å²) in [5.41, 5.74) is 7.90. The molecule has 0 saturated carbocycles. The van der Waals surface area contributed by atoms with E-state index in [4.69, 9.17) is 27.5 Å². The highest BCUT2D eigenvalue weighted by Gasteiger charge is 2.06. The number of hydrogen-bond donors (Lipinski definition) is 2. The predicted molar refractivity (Wildman–Crippen MR) is 75.8 cm³/mol. The van der Waals surface area contributed by atoms with Crippen molar-refractivity contribution < 1.29 is 4.74 Å². The molecule has 0 amide bonds. The third kappa shape index (κ3) is 3.23. The van der Waals surface area contributed by atoms with E-state index in [2.05, 4.69) is 4.98 Å². The SMILES string of the molecule is Cc1cccnc1COc1ccc(C(=N)N)cc1Cl. The molecule has 3 N–H and O–H groups in total. The average molecular weight is 276 g/mol. The van der Waals surface area contributed by atoms with Crippen LogP contribution in [0, 0.1) is 12.3 Å². The van der Waals surface area contributed by atoms with Crippen LogP contribution in [0.1, 0.15) is 16.8 Å². The summed E-state index contributed by atoms with van der Waals surface area (Å²) in [6, 6.07) is 8.89. The number of ether oxygens (including phenoxy) is 1. The molecule has 0 radical (unpaired) electrons. The molecule has 0 aliphatic carbocycles. The number of nitrogens with zero attached hydrogens (tertiary/aromatic N) is 1. The maximum absolute atomic E-state index is 7.34. The second-order valence-corrected chi connectivity index (χ2v) is 4.52. The Labute approximate surface area is 116 Å². The van der Waals surface area contributed by atoms with Gasteiger partial charge in [-0.3, -0.25) is 10.4 Å². The number of halogens is 1. The van der Waals surface area contributed by atoms with Crippen molar-refractivity contribution in [3.63, 3.8) is 0 Å². The van der Waals surface area contributed by atoms with Crippen molar-refractivity contribution in [2.45, 2.75) is 13.5 Å². The summed E-state index contributed by atoms with van der Waals surface area (Å²) in [7, 11) is 0. The van der Waals surface area contributed by atoms with Crippen molar-refractivity contribution in [1.29, 1.82) is 5.41 Å². The second-order valence-electron chi connectivity index (χ2n) is 4.11. The summed E-state index contributed by atoms with van der Waals surface area (Å²) < 4.78 is 5.63. The van der Waals surface area contributed by atoms with Crippen LogP contribution < -0.4 is 10.5 Å². The predicted octanol–water partition coefficient (Wildman–Crippen LogP) is 2.91. The molecule has 1 aromatic heterocycles. The molecule has 0 atom stereocenters.